The Morgan fingerprint density at radius 1 is 1.00 bits per heavy atom. The minimum atomic E-state index is -3.82. The molecule has 0 aliphatic carbocycles. The molecule has 0 fully saturated rings. The number of para-hydroxylation sites is 1. The highest BCUT2D eigenvalue weighted by Gasteiger charge is 2.19. The SMILES string of the molecule is Cc1cc(S(=O)(=O)Nc2ccccc2)c2[nH]c(=O)cc(C)c2c1. The largest absolute Gasteiger partial charge is 0.321 e. The number of hydrogen-bond acceptors (Lipinski definition) is 3. The number of hydrogen-bond donors (Lipinski definition) is 2. The number of pyridine rings is 1. The number of aryl methyl sites for hydroxylation is 2. The maximum atomic E-state index is 12.8. The van der Waals surface area contributed by atoms with Crippen molar-refractivity contribution in [3.8, 4) is 0 Å². The van der Waals surface area contributed by atoms with Crippen LogP contribution in [-0.4, -0.2) is 13.4 Å². The second-order valence-electron chi connectivity index (χ2n) is 5.47. The first kappa shape index (κ1) is 15.3. The second kappa shape index (κ2) is 5.55. The third-order valence-corrected chi connectivity index (χ3v) is 4.99. The minimum Gasteiger partial charge on any atom is -0.321 e. The van der Waals surface area contributed by atoms with Crippen LogP contribution in [0.15, 0.2) is 58.2 Å². The number of aromatic amines is 1. The van der Waals surface area contributed by atoms with E-state index in [1.54, 1.807) is 43.3 Å². The van der Waals surface area contributed by atoms with Crippen molar-refractivity contribution in [3.05, 3.63) is 70.0 Å². The molecule has 5 nitrogen and oxygen atoms in total. The van der Waals surface area contributed by atoms with Crippen LogP contribution in [0.2, 0.25) is 0 Å². The van der Waals surface area contributed by atoms with Crippen molar-refractivity contribution in [1.29, 1.82) is 0 Å². The van der Waals surface area contributed by atoms with Gasteiger partial charge < -0.3 is 4.98 Å². The van der Waals surface area contributed by atoms with Gasteiger partial charge in [-0.1, -0.05) is 18.2 Å². The smallest absolute Gasteiger partial charge is 0.263 e. The first-order valence-corrected chi connectivity index (χ1v) is 8.57. The Kier molecular flexibility index (Phi) is 3.69. The van der Waals surface area contributed by atoms with Crippen LogP contribution in [-0.2, 0) is 10.0 Å². The molecule has 2 aromatic carbocycles. The van der Waals surface area contributed by atoms with Crippen LogP contribution >= 0.6 is 0 Å². The molecule has 0 amide bonds. The summed E-state index contributed by atoms with van der Waals surface area (Å²) in [6, 6.07) is 13.5. The topological polar surface area (TPSA) is 79.0 Å². The lowest BCUT2D eigenvalue weighted by Crippen LogP contribution is -2.16. The van der Waals surface area contributed by atoms with Gasteiger partial charge in [-0.25, -0.2) is 8.42 Å². The molecule has 3 rings (SSSR count). The number of fused-ring (bicyclic) bond motifs is 1. The van der Waals surface area contributed by atoms with E-state index >= 15 is 0 Å². The zero-order chi connectivity index (χ0) is 16.6. The van der Waals surface area contributed by atoms with E-state index in [0.29, 0.717) is 11.2 Å². The number of H-pyrrole nitrogens is 1. The average molecular weight is 328 g/mol. The second-order valence-corrected chi connectivity index (χ2v) is 7.12. The lowest BCUT2D eigenvalue weighted by molar-refractivity contribution is 0.602. The van der Waals surface area contributed by atoms with Gasteiger partial charge in [0.25, 0.3) is 10.0 Å². The maximum absolute atomic E-state index is 12.8. The number of sulfonamides is 1. The van der Waals surface area contributed by atoms with E-state index in [-0.39, 0.29) is 10.5 Å². The van der Waals surface area contributed by atoms with E-state index in [4.69, 9.17) is 0 Å². The molecular formula is C17H16N2O3S. The monoisotopic (exact) mass is 328 g/mol. The van der Waals surface area contributed by atoms with Crippen LogP contribution < -0.4 is 10.3 Å². The third kappa shape index (κ3) is 2.98. The van der Waals surface area contributed by atoms with E-state index in [1.165, 1.54) is 6.07 Å². The average Bonchev–Trinajstić information content (AvgIpc) is 2.48. The summed E-state index contributed by atoms with van der Waals surface area (Å²) in [5.74, 6) is 0. The number of benzene rings is 2. The molecule has 0 aliphatic heterocycles. The van der Waals surface area contributed by atoms with Gasteiger partial charge in [0, 0.05) is 17.1 Å². The van der Waals surface area contributed by atoms with Crippen LogP contribution in [0.1, 0.15) is 11.1 Å². The molecule has 2 N–H and O–H groups in total. The van der Waals surface area contributed by atoms with Gasteiger partial charge >= 0.3 is 0 Å². The summed E-state index contributed by atoms with van der Waals surface area (Å²) in [5.41, 5.74) is 2.01. The van der Waals surface area contributed by atoms with Crippen molar-refractivity contribution < 1.29 is 8.42 Å². The number of aromatic nitrogens is 1. The molecule has 1 heterocycles. The Balaban J connectivity index is 2.24. The molecule has 0 bridgehead atoms. The van der Waals surface area contributed by atoms with Crippen molar-refractivity contribution in [3.63, 3.8) is 0 Å². The van der Waals surface area contributed by atoms with Crippen LogP contribution in [0.25, 0.3) is 10.9 Å². The van der Waals surface area contributed by atoms with Gasteiger partial charge in [0.05, 0.1) is 5.52 Å². The van der Waals surface area contributed by atoms with Crippen molar-refractivity contribution in [1.82, 2.24) is 4.98 Å². The summed E-state index contributed by atoms with van der Waals surface area (Å²) in [6.45, 7) is 3.61. The maximum Gasteiger partial charge on any atom is 0.263 e. The lowest BCUT2D eigenvalue weighted by Gasteiger charge is -2.12. The summed E-state index contributed by atoms with van der Waals surface area (Å²) >= 11 is 0. The van der Waals surface area contributed by atoms with E-state index in [2.05, 4.69) is 9.71 Å². The molecule has 0 saturated heterocycles. The van der Waals surface area contributed by atoms with Crippen LogP contribution in [0.5, 0.6) is 0 Å². The molecule has 0 aliphatic rings. The van der Waals surface area contributed by atoms with Crippen molar-refractivity contribution in [2.45, 2.75) is 18.7 Å². The molecular weight excluding hydrogens is 312 g/mol. The summed E-state index contributed by atoms with van der Waals surface area (Å²) < 4.78 is 28.1. The molecule has 1 aromatic heterocycles. The van der Waals surface area contributed by atoms with Crippen molar-refractivity contribution in [2.24, 2.45) is 0 Å². The fraction of sp³-hybridized carbons (Fsp3) is 0.118. The predicted octanol–water partition coefficient (Wildman–Crippen LogP) is 2.95. The summed E-state index contributed by atoms with van der Waals surface area (Å²) in [4.78, 5) is 14.5. The molecule has 0 saturated carbocycles. The van der Waals surface area contributed by atoms with Gasteiger partial charge in [-0.15, -0.1) is 0 Å². The Morgan fingerprint density at radius 3 is 2.39 bits per heavy atom. The lowest BCUT2D eigenvalue weighted by atomic mass is 10.1. The Hall–Kier alpha value is -2.60. The van der Waals surface area contributed by atoms with Crippen molar-refractivity contribution in [2.75, 3.05) is 4.72 Å². The molecule has 0 radical (unpaired) electrons. The Bertz CT molecular complexity index is 1040. The Morgan fingerprint density at radius 2 is 1.70 bits per heavy atom. The first-order valence-electron chi connectivity index (χ1n) is 7.09. The molecule has 6 heteroatoms. The van der Waals surface area contributed by atoms with E-state index in [9.17, 15) is 13.2 Å². The predicted molar refractivity (Wildman–Crippen MR) is 91.3 cm³/mol. The molecule has 3 aromatic rings. The van der Waals surface area contributed by atoms with Crippen LogP contribution in [0.3, 0.4) is 0 Å². The Labute approximate surface area is 134 Å². The van der Waals surface area contributed by atoms with E-state index < -0.39 is 10.0 Å². The normalized spacial score (nSPS) is 11.6. The standard InChI is InChI=1S/C17H16N2O3S/c1-11-8-14-12(2)10-16(20)18-17(14)15(9-11)23(21,22)19-13-6-4-3-5-7-13/h3-10,19H,1-2H3,(H,18,20). The van der Waals surface area contributed by atoms with Crippen molar-refractivity contribution >= 4 is 26.6 Å². The third-order valence-electron chi connectivity index (χ3n) is 3.58. The molecule has 118 valence electrons. The zero-order valence-corrected chi connectivity index (χ0v) is 13.6. The summed E-state index contributed by atoms with van der Waals surface area (Å²) in [6.07, 6.45) is 0. The summed E-state index contributed by atoms with van der Waals surface area (Å²) in [5, 5.41) is 0.720. The van der Waals surface area contributed by atoms with Gasteiger partial charge in [0.1, 0.15) is 4.90 Å². The molecule has 0 unspecified atom stereocenters. The highest BCUT2D eigenvalue weighted by Crippen LogP contribution is 2.26. The van der Waals surface area contributed by atoms with Crippen LogP contribution in [0.4, 0.5) is 5.69 Å². The molecule has 23 heavy (non-hydrogen) atoms. The first-order chi connectivity index (χ1) is 10.9. The van der Waals surface area contributed by atoms with Gasteiger partial charge in [-0.05, 0) is 49.2 Å². The summed E-state index contributed by atoms with van der Waals surface area (Å²) in [7, 11) is -3.82. The number of rotatable bonds is 3. The van der Waals surface area contributed by atoms with Gasteiger partial charge in [-0.3, -0.25) is 9.52 Å². The minimum absolute atomic E-state index is 0.0668. The van der Waals surface area contributed by atoms with Crippen LogP contribution in [0, 0.1) is 13.8 Å². The van der Waals surface area contributed by atoms with Gasteiger partial charge in [0.15, 0.2) is 0 Å². The molecule has 0 atom stereocenters. The fourth-order valence-electron chi connectivity index (χ4n) is 2.56. The highest BCUT2D eigenvalue weighted by atomic mass is 32.2. The fourth-order valence-corrected chi connectivity index (χ4v) is 3.88. The quantitative estimate of drug-likeness (QED) is 0.776. The van der Waals surface area contributed by atoms with Gasteiger partial charge in [-0.2, -0.15) is 0 Å². The van der Waals surface area contributed by atoms with E-state index in [0.717, 1.165) is 16.5 Å². The number of anilines is 1. The zero-order valence-electron chi connectivity index (χ0n) is 12.8. The molecule has 0 spiro atoms. The number of nitrogens with one attached hydrogen (secondary N) is 2. The van der Waals surface area contributed by atoms with E-state index in [1.807, 2.05) is 13.0 Å². The highest BCUT2D eigenvalue weighted by molar-refractivity contribution is 7.93. The van der Waals surface area contributed by atoms with Gasteiger partial charge in [0.2, 0.25) is 5.56 Å².